The standard InChI is InChI=1S/C26H33N7O2/c1-17-6-8-22(9-7-17)25-12-23(32-16-27-29-30-32)10-11-24(25)26(35)28-18(2)13-31-14-19(3)33(21(5)34)20(4)15-31/h6-12,16,18-20H,13-15H2,1-5H3,(H,28,35)/t18-,19?,20?/m1/s1. The summed E-state index contributed by atoms with van der Waals surface area (Å²) in [5.41, 5.74) is 4.30. The maximum atomic E-state index is 13.4. The molecule has 0 bridgehead atoms. The number of tetrazole rings is 1. The van der Waals surface area contributed by atoms with Gasteiger partial charge in [0.25, 0.3) is 5.91 Å². The molecule has 35 heavy (non-hydrogen) atoms. The number of nitrogens with one attached hydrogen (secondary N) is 1. The number of carbonyl (C=O) groups excluding carboxylic acids is 2. The number of rotatable bonds is 6. The second-order valence-electron chi connectivity index (χ2n) is 9.57. The summed E-state index contributed by atoms with van der Waals surface area (Å²) in [4.78, 5) is 29.6. The number of aromatic nitrogens is 4. The molecule has 2 aromatic carbocycles. The van der Waals surface area contributed by atoms with Gasteiger partial charge in [0.2, 0.25) is 5.91 Å². The smallest absolute Gasteiger partial charge is 0.252 e. The van der Waals surface area contributed by atoms with Crippen LogP contribution >= 0.6 is 0 Å². The van der Waals surface area contributed by atoms with E-state index in [9.17, 15) is 9.59 Å². The lowest BCUT2D eigenvalue weighted by Gasteiger charge is -2.44. The molecule has 1 aliphatic rings. The van der Waals surface area contributed by atoms with E-state index in [4.69, 9.17) is 0 Å². The van der Waals surface area contributed by atoms with Crippen molar-refractivity contribution in [2.24, 2.45) is 0 Å². The molecule has 0 spiro atoms. The van der Waals surface area contributed by atoms with Crippen molar-refractivity contribution < 1.29 is 9.59 Å². The van der Waals surface area contributed by atoms with E-state index in [2.05, 4.69) is 39.6 Å². The maximum Gasteiger partial charge on any atom is 0.252 e. The number of amides is 2. The largest absolute Gasteiger partial charge is 0.348 e. The zero-order valence-electron chi connectivity index (χ0n) is 21.0. The van der Waals surface area contributed by atoms with Crippen molar-refractivity contribution in [3.8, 4) is 16.8 Å². The number of benzene rings is 2. The lowest BCUT2D eigenvalue weighted by atomic mass is 9.97. The van der Waals surface area contributed by atoms with Gasteiger partial charge >= 0.3 is 0 Å². The Morgan fingerprint density at radius 2 is 1.77 bits per heavy atom. The lowest BCUT2D eigenvalue weighted by molar-refractivity contribution is -0.136. The summed E-state index contributed by atoms with van der Waals surface area (Å²) in [6.45, 7) is 12.1. The Bertz CT molecular complexity index is 1160. The molecule has 9 nitrogen and oxygen atoms in total. The third-order valence-corrected chi connectivity index (χ3v) is 6.49. The van der Waals surface area contributed by atoms with Crippen molar-refractivity contribution in [2.75, 3.05) is 19.6 Å². The minimum Gasteiger partial charge on any atom is -0.348 e. The number of nitrogens with zero attached hydrogens (tertiary/aromatic N) is 6. The molecule has 1 fully saturated rings. The summed E-state index contributed by atoms with van der Waals surface area (Å²) >= 11 is 0. The molecule has 4 rings (SSSR count). The van der Waals surface area contributed by atoms with Crippen molar-refractivity contribution in [1.82, 2.24) is 35.3 Å². The molecule has 3 atom stereocenters. The van der Waals surface area contributed by atoms with Gasteiger partial charge in [0.1, 0.15) is 6.33 Å². The van der Waals surface area contributed by atoms with E-state index in [1.807, 2.05) is 61.2 Å². The highest BCUT2D eigenvalue weighted by atomic mass is 16.2. The minimum absolute atomic E-state index is 0.0594. The maximum absolute atomic E-state index is 13.4. The first-order valence-corrected chi connectivity index (χ1v) is 12.0. The highest BCUT2D eigenvalue weighted by Crippen LogP contribution is 2.27. The van der Waals surface area contributed by atoms with E-state index in [-0.39, 0.29) is 29.9 Å². The molecular formula is C26H33N7O2. The first-order chi connectivity index (χ1) is 16.7. The van der Waals surface area contributed by atoms with Crippen LogP contribution in [0.3, 0.4) is 0 Å². The summed E-state index contributed by atoms with van der Waals surface area (Å²) in [7, 11) is 0. The minimum atomic E-state index is -0.125. The fraction of sp³-hybridized carbons (Fsp3) is 0.423. The first kappa shape index (κ1) is 24.5. The van der Waals surface area contributed by atoms with Gasteiger partial charge in [-0.05, 0) is 67.4 Å². The van der Waals surface area contributed by atoms with Crippen molar-refractivity contribution >= 4 is 11.8 Å². The Hall–Kier alpha value is -3.59. The van der Waals surface area contributed by atoms with Crippen LogP contribution in [0.1, 0.15) is 43.6 Å². The van der Waals surface area contributed by atoms with Gasteiger partial charge in [-0.3, -0.25) is 14.5 Å². The highest BCUT2D eigenvalue weighted by molar-refractivity contribution is 6.01. The second kappa shape index (κ2) is 10.4. The normalized spacial score (nSPS) is 19.4. The lowest BCUT2D eigenvalue weighted by Crippen LogP contribution is -2.59. The van der Waals surface area contributed by atoms with Crippen LogP contribution in [-0.2, 0) is 4.79 Å². The van der Waals surface area contributed by atoms with Gasteiger partial charge < -0.3 is 10.2 Å². The summed E-state index contributed by atoms with van der Waals surface area (Å²) in [6, 6.07) is 13.9. The molecule has 2 heterocycles. The summed E-state index contributed by atoms with van der Waals surface area (Å²) in [5, 5.41) is 14.6. The molecule has 184 valence electrons. The van der Waals surface area contributed by atoms with Crippen molar-refractivity contribution in [1.29, 1.82) is 0 Å². The van der Waals surface area contributed by atoms with E-state index in [0.717, 1.165) is 42.0 Å². The van der Waals surface area contributed by atoms with Crippen molar-refractivity contribution in [2.45, 2.75) is 52.7 Å². The van der Waals surface area contributed by atoms with Gasteiger partial charge in [-0.2, -0.15) is 0 Å². The van der Waals surface area contributed by atoms with Crippen LogP contribution in [0.25, 0.3) is 16.8 Å². The van der Waals surface area contributed by atoms with Gasteiger partial charge in [-0.1, -0.05) is 29.8 Å². The Kier molecular flexibility index (Phi) is 7.25. The number of carbonyl (C=O) groups is 2. The SMILES string of the molecule is CC(=O)N1C(C)CN(C[C@@H](C)NC(=O)c2ccc(-n3cnnn3)cc2-c2ccc(C)cc2)CC1C. The summed E-state index contributed by atoms with van der Waals surface area (Å²) < 4.78 is 1.57. The van der Waals surface area contributed by atoms with Gasteiger partial charge in [-0.15, -0.1) is 5.10 Å². The highest BCUT2D eigenvalue weighted by Gasteiger charge is 2.31. The molecule has 1 aromatic heterocycles. The fourth-order valence-corrected chi connectivity index (χ4v) is 5.06. The third-order valence-electron chi connectivity index (χ3n) is 6.49. The third kappa shape index (κ3) is 5.57. The van der Waals surface area contributed by atoms with Gasteiger partial charge in [-0.25, -0.2) is 4.68 Å². The van der Waals surface area contributed by atoms with Crippen LogP contribution in [0.2, 0.25) is 0 Å². The average Bonchev–Trinajstić information content (AvgIpc) is 3.33. The Balaban J connectivity index is 1.51. The fourth-order valence-electron chi connectivity index (χ4n) is 5.06. The van der Waals surface area contributed by atoms with Crippen LogP contribution in [0.4, 0.5) is 0 Å². The number of piperazine rings is 1. The van der Waals surface area contributed by atoms with Crippen LogP contribution in [-0.4, -0.2) is 79.6 Å². The molecule has 1 aliphatic heterocycles. The van der Waals surface area contributed by atoms with Gasteiger partial charge in [0.15, 0.2) is 0 Å². The monoisotopic (exact) mass is 475 g/mol. The molecule has 2 amide bonds. The van der Waals surface area contributed by atoms with E-state index in [0.29, 0.717) is 5.56 Å². The first-order valence-electron chi connectivity index (χ1n) is 12.0. The summed E-state index contributed by atoms with van der Waals surface area (Å²) in [6.07, 6.45) is 1.53. The van der Waals surface area contributed by atoms with E-state index < -0.39 is 0 Å². The molecule has 0 radical (unpaired) electrons. The molecule has 1 saturated heterocycles. The Morgan fingerprint density at radius 1 is 1.09 bits per heavy atom. The topological polar surface area (TPSA) is 96.2 Å². The van der Waals surface area contributed by atoms with Crippen LogP contribution in [0, 0.1) is 6.92 Å². The molecule has 0 aliphatic carbocycles. The second-order valence-corrected chi connectivity index (χ2v) is 9.57. The molecule has 2 unspecified atom stereocenters. The predicted octanol–water partition coefficient (Wildman–Crippen LogP) is 2.70. The molecule has 3 aromatic rings. The quantitative estimate of drug-likeness (QED) is 0.589. The molecule has 1 N–H and O–H groups in total. The molecular weight excluding hydrogens is 442 g/mol. The Labute approximate surface area is 206 Å². The van der Waals surface area contributed by atoms with Crippen LogP contribution < -0.4 is 5.32 Å². The number of aryl methyl sites for hydroxylation is 1. The van der Waals surface area contributed by atoms with Crippen molar-refractivity contribution in [3.63, 3.8) is 0 Å². The Morgan fingerprint density at radius 3 is 2.37 bits per heavy atom. The zero-order chi connectivity index (χ0) is 25.1. The van der Waals surface area contributed by atoms with E-state index >= 15 is 0 Å². The van der Waals surface area contributed by atoms with Crippen LogP contribution in [0.15, 0.2) is 48.8 Å². The zero-order valence-corrected chi connectivity index (χ0v) is 21.0. The van der Waals surface area contributed by atoms with Gasteiger partial charge in [0, 0.05) is 50.2 Å². The van der Waals surface area contributed by atoms with E-state index in [1.54, 1.807) is 11.6 Å². The molecule has 9 heteroatoms. The predicted molar refractivity (Wildman–Crippen MR) is 134 cm³/mol. The number of hydrogen-bond acceptors (Lipinski definition) is 6. The molecule has 0 saturated carbocycles. The van der Waals surface area contributed by atoms with E-state index in [1.165, 1.54) is 6.33 Å². The number of hydrogen-bond donors (Lipinski definition) is 1. The van der Waals surface area contributed by atoms with Gasteiger partial charge in [0.05, 0.1) is 5.69 Å². The van der Waals surface area contributed by atoms with Crippen LogP contribution in [0.5, 0.6) is 0 Å². The average molecular weight is 476 g/mol. The van der Waals surface area contributed by atoms with Crippen molar-refractivity contribution in [3.05, 3.63) is 59.9 Å². The summed E-state index contributed by atoms with van der Waals surface area (Å²) in [5.74, 6) is -0.0143.